The zero-order chi connectivity index (χ0) is 16.6. The Morgan fingerprint density at radius 1 is 1.30 bits per heavy atom. The summed E-state index contributed by atoms with van der Waals surface area (Å²) in [5, 5.41) is 3.26. The van der Waals surface area contributed by atoms with Crippen LogP contribution in [-0.4, -0.2) is 18.9 Å². The van der Waals surface area contributed by atoms with Crippen molar-refractivity contribution in [2.75, 3.05) is 7.11 Å². The van der Waals surface area contributed by atoms with Crippen molar-refractivity contribution in [1.82, 2.24) is 5.32 Å². The van der Waals surface area contributed by atoms with Crippen molar-refractivity contribution in [3.8, 4) is 0 Å². The molecule has 1 heterocycles. The molecular formula is C18H18BrNO3. The molecule has 0 saturated carbocycles. The first kappa shape index (κ1) is 16.0. The lowest BCUT2D eigenvalue weighted by Crippen LogP contribution is -2.34. The molecule has 4 nitrogen and oxygen atoms in total. The predicted octanol–water partition coefficient (Wildman–Crippen LogP) is 3.59. The van der Waals surface area contributed by atoms with Gasteiger partial charge < -0.3 is 10.1 Å². The number of esters is 1. The molecule has 5 heteroatoms. The third-order valence-electron chi connectivity index (χ3n) is 4.40. The largest absolute Gasteiger partial charge is 0.466 e. The van der Waals surface area contributed by atoms with Crippen LogP contribution in [0.3, 0.4) is 0 Å². The van der Waals surface area contributed by atoms with E-state index in [1.807, 2.05) is 31.2 Å². The van der Waals surface area contributed by atoms with Gasteiger partial charge in [0.15, 0.2) is 5.78 Å². The summed E-state index contributed by atoms with van der Waals surface area (Å²) in [7, 11) is 1.37. The van der Waals surface area contributed by atoms with Gasteiger partial charge in [-0.1, -0.05) is 34.1 Å². The summed E-state index contributed by atoms with van der Waals surface area (Å²) in [5.41, 5.74) is 3.82. The summed E-state index contributed by atoms with van der Waals surface area (Å²) in [6.45, 7) is 1.86. The van der Waals surface area contributed by atoms with E-state index in [0.717, 1.165) is 34.3 Å². The molecule has 0 saturated heterocycles. The third-order valence-corrected chi connectivity index (χ3v) is 5.12. The van der Waals surface area contributed by atoms with E-state index in [9.17, 15) is 9.59 Å². The van der Waals surface area contributed by atoms with Gasteiger partial charge in [0.1, 0.15) is 0 Å². The summed E-state index contributed by atoms with van der Waals surface area (Å²) >= 11 is 3.56. The standard InChI is InChI=1S/C18H18BrNO3/c1-10-15(18(22)23-2)16(11-6-3-4-7-12(11)19)17-13(20-10)8-5-9-14(17)21/h3-4,6-7,16,20H,5,8-9H2,1-2H3/t16-/m1/s1. The fraction of sp³-hybridized carbons (Fsp3) is 0.333. The van der Waals surface area contributed by atoms with E-state index >= 15 is 0 Å². The number of halogens is 1. The zero-order valence-electron chi connectivity index (χ0n) is 13.1. The molecule has 1 aliphatic carbocycles. The van der Waals surface area contributed by atoms with Gasteiger partial charge in [-0.2, -0.15) is 0 Å². The molecule has 1 aliphatic heterocycles. The van der Waals surface area contributed by atoms with Crippen LogP contribution in [0.2, 0.25) is 0 Å². The van der Waals surface area contributed by atoms with Gasteiger partial charge in [-0.3, -0.25) is 4.79 Å². The van der Waals surface area contributed by atoms with Crippen LogP contribution in [-0.2, 0) is 14.3 Å². The van der Waals surface area contributed by atoms with E-state index in [1.54, 1.807) is 0 Å². The van der Waals surface area contributed by atoms with Crippen molar-refractivity contribution >= 4 is 27.7 Å². The first-order chi connectivity index (χ1) is 11.0. The molecule has 0 amide bonds. The molecule has 0 spiro atoms. The molecule has 0 aromatic heterocycles. The van der Waals surface area contributed by atoms with Gasteiger partial charge in [0, 0.05) is 33.8 Å². The number of nitrogens with one attached hydrogen (secondary N) is 1. The van der Waals surface area contributed by atoms with E-state index < -0.39 is 5.97 Å². The number of rotatable bonds is 2. The van der Waals surface area contributed by atoms with Gasteiger partial charge in [0.05, 0.1) is 12.7 Å². The molecule has 1 N–H and O–H groups in total. The van der Waals surface area contributed by atoms with Gasteiger partial charge in [0.25, 0.3) is 0 Å². The monoisotopic (exact) mass is 375 g/mol. The molecule has 1 aromatic carbocycles. The average molecular weight is 376 g/mol. The fourth-order valence-corrected chi connectivity index (χ4v) is 3.90. The normalized spacial score (nSPS) is 21.0. The minimum absolute atomic E-state index is 0.105. The van der Waals surface area contributed by atoms with Crippen molar-refractivity contribution < 1.29 is 14.3 Å². The highest BCUT2D eigenvalue weighted by Gasteiger charge is 2.39. The van der Waals surface area contributed by atoms with Crippen LogP contribution in [0, 0.1) is 0 Å². The fourth-order valence-electron chi connectivity index (χ4n) is 3.38. The maximum atomic E-state index is 12.6. The lowest BCUT2D eigenvalue weighted by molar-refractivity contribution is -0.136. The summed E-state index contributed by atoms with van der Waals surface area (Å²) in [5.74, 6) is -0.684. The molecule has 120 valence electrons. The highest BCUT2D eigenvalue weighted by Crippen LogP contribution is 2.44. The van der Waals surface area contributed by atoms with Crippen molar-refractivity contribution in [3.63, 3.8) is 0 Å². The van der Waals surface area contributed by atoms with Crippen LogP contribution in [0.25, 0.3) is 0 Å². The topological polar surface area (TPSA) is 55.4 Å². The molecule has 0 bridgehead atoms. The first-order valence-corrected chi connectivity index (χ1v) is 8.40. The minimum Gasteiger partial charge on any atom is -0.466 e. The number of dihydropyridines is 1. The SMILES string of the molecule is COC(=O)C1=C(C)NC2=C(C(=O)CCC2)[C@@H]1c1ccccc1Br. The number of allylic oxidation sites excluding steroid dienone is 3. The van der Waals surface area contributed by atoms with Gasteiger partial charge >= 0.3 is 5.97 Å². The molecule has 1 atom stereocenters. The summed E-state index contributed by atoms with van der Waals surface area (Å²) in [6.07, 6.45) is 2.19. The van der Waals surface area contributed by atoms with Gasteiger partial charge in [-0.05, 0) is 31.4 Å². The summed E-state index contributed by atoms with van der Waals surface area (Å²) in [4.78, 5) is 25.0. The molecular weight excluding hydrogens is 358 g/mol. The Morgan fingerprint density at radius 3 is 2.74 bits per heavy atom. The van der Waals surface area contributed by atoms with Crippen molar-refractivity contribution in [2.45, 2.75) is 32.1 Å². The molecule has 0 radical (unpaired) electrons. The molecule has 0 unspecified atom stereocenters. The number of benzene rings is 1. The predicted molar refractivity (Wildman–Crippen MR) is 90.6 cm³/mol. The Bertz CT molecular complexity index is 748. The molecule has 3 rings (SSSR count). The van der Waals surface area contributed by atoms with Crippen LogP contribution in [0.15, 0.2) is 51.3 Å². The van der Waals surface area contributed by atoms with Gasteiger partial charge in [-0.25, -0.2) is 4.79 Å². The Balaban J connectivity index is 2.23. The molecule has 23 heavy (non-hydrogen) atoms. The van der Waals surface area contributed by atoms with Crippen molar-refractivity contribution in [2.24, 2.45) is 0 Å². The van der Waals surface area contributed by atoms with Crippen LogP contribution in [0.5, 0.6) is 0 Å². The summed E-state index contributed by atoms with van der Waals surface area (Å²) < 4.78 is 5.86. The van der Waals surface area contributed by atoms with Crippen molar-refractivity contribution in [3.05, 3.63) is 56.8 Å². The smallest absolute Gasteiger partial charge is 0.336 e. The molecule has 0 fully saturated rings. The number of methoxy groups -OCH3 is 1. The van der Waals surface area contributed by atoms with E-state index in [4.69, 9.17) is 4.74 Å². The van der Waals surface area contributed by atoms with Crippen LogP contribution in [0.1, 0.15) is 37.7 Å². The highest BCUT2D eigenvalue weighted by atomic mass is 79.9. The maximum absolute atomic E-state index is 12.6. The minimum atomic E-state index is -0.402. The zero-order valence-corrected chi connectivity index (χ0v) is 14.7. The van der Waals surface area contributed by atoms with Crippen molar-refractivity contribution in [1.29, 1.82) is 0 Å². The van der Waals surface area contributed by atoms with Gasteiger partial charge in [0.2, 0.25) is 0 Å². The van der Waals surface area contributed by atoms with Gasteiger partial charge in [-0.15, -0.1) is 0 Å². The number of ketones is 1. The Labute approximate surface area is 143 Å². The van der Waals surface area contributed by atoms with Crippen LogP contribution < -0.4 is 5.32 Å². The number of ether oxygens (including phenoxy) is 1. The first-order valence-electron chi connectivity index (χ1n) is 7.61. The van der Waals surface area contributed by atoms with E-state index in [1.165, 1.54) is 7.11 Å². The maximum Gasteiger partial charge on any atom is 0.336 e. The van der Waals surface area contributed by atoms with E-state index in [2.05, 4.69) is 21.2 Å². The quantitative estimate of drug-likeness (QED) is 0.802. The van der Waals surface area contributed by atoms with E-state index in [0.29, 0.717) is 17.6 Å². The number of carbonyl (C=O) groups is 2. The van der Waals surface area contributed by atoms with E-state index in [-0.39, 0.29) is 11.7 Å². The number of Topliss-reactive ketones (excluding diaryl/α,β-unsaturated/α-hetero) is 1. The van der Waals surface area contributed by atoms with Crippen LogP contribution in [0.4, 0.5) is 0 Å². The number of hydrogen-bond donors (Lipinski definition) is 1. The number of hydrogen-bond acceptors (Lipinski definition) is 4. The third kappa shape index (κ3) is 2.74. The second-order valence-corrected chi connectivity index (χ2v) is 6.63. The lowest BCUT2D eigenvalue weighted by atomic mass is 9.75. The molecule has 2 aliphatic rings. The Hall–Kier alpha value is -1.88. The second-order valence-electron chi connectivity index (χ2n) is 5.78. The summed E-state index contributed by atoms with van der Waals surface area (Å²) in [6, 6.07) is 7.71. The Kier molecular flexibility index (Phi) is 4.39. The Morgan fingerprint density at radius 2 is 2.04 bits per heavy atom. The molecule has 1 aromatic rings. The average Bonchev–Trinajstić information content (AvgIpc) is 2.54. The van der Waals surface area contributed by atoms with Crippen LogP contribution >= 0.6 is 15.9 Å². The highest BCUT2D eigenvalue weighted by molar-refractivity contribution is 9.10. The lowest BCUT2D eigenvalue weighted by Gasteiger charge is -2.34. The second kappa shape index (κ2) is 6.32. The number of carbonyl (C=O) groups excluding carboxylic acids is 2.